The van der Waals surface area contributed by atoms with Gasteiger partial charge in [-0.3, -0.25) is 4.79 Å². The van der Waals surface area contributed by atoms with Crippen LogP contribution < -0.4 is 0 Å². The van der Waals surface area contributed by atoms with Gasteiger partial charge in [-0.25, -0.2) is 0 Å². The number of thioether (sulfide) groups is 1. The molecule has 0 radical (unpaired) electrons. The van der Waals surface area contributed by atoms with Crippen LogP contribution in [-0.4, -0.2) is 29.6 Å². The Labute approximate surface area is 114 Å². The summed E-state index contributed by atoms with van der Waals surface area (Å²) in [5.41, 5.74) is 2.52. The fraction of sp³-hybridized carbons (Fsp3) is 0.533. The van der Waals surface area contributed by atoms with E-state index in [0.29, 0.717) is 11.7 Å². The molecular formula is C15H21NOS. The predicted molar refractivity (Wildman–Crippen MR) is 77.1 cm³/mol. The highest BCUT2D eigenvalue weighted by Crippen LogP contribution is 2.24. The molecule has 1 aliphatic heterocycles. The number of nitrogens with zero attached hydrogens (tertiary/aromatic N) is 1. The summed E-state index contributed by atoms with van der Waals surface area (Å²) in [6.45, 7) is 6.10. The molecule has 0 N–H and O–H groups in total. The molecule has 98 valence electrons. The number of hydrogen-bond donors (Lipinski definition) is 0. The Hall–Kier alpha value is -0.960. The van der Waals surface area contributed by atoms with E-state index in [2.05, 4.69) is 32.0 Å². The summed E-state index contributed by atoms with van der Waals surface area (Å²) in [7, 11) is 0. The topological polar surface area (TPSA) is 20.3 Å². The summed E-state index contributed by atoms with van der Waals surface area (Å²) < 4.78 is 0. The van der Waals surface area contributed by atoms with Crippen LogP contribution in [0.25, 0.3) is 0 Å². The van der Waals surface area contributed by atoms with Crippen molar-refractivity contribution in [2.24, 2.45) is 0 Å². The molecule has 1 aromatic rings. The second kappa shape index (κ2) is 6.28. The Bertz CT molecular complexity index is 425. The molecule has 18 heavy (non-hydrogen) atoms. The summed E-state index contributed by atoms with van der Waals surface area (Å²) in [5.74, 6) is 0.866. The zero-order valence-corrected chi connectivity index (χ0v) is 12.1. The summed E-state index contributed by atoms with van der Waals surface area (Å²) >= 11 is 1.67. The molecule has 1 heterocycles. The average Bonchev–Trinajstić information content (AvgIpc) is 2.40. The van der Waals surface area contributed by atoms with Crippen LogP contribution in [0.4, 0.5) is 0 Å². The van der Waals surface area contributed by atoms with Crippen molar-refractivity contribution in [2.45, 2.75) is 38.0 Å². The first-order valence-electron chi connectivity index (χ1n) is 6.64. The lowest BCUT2D eigenvalue weighted by molar-refractivity contribution is -0.129. The fourth-order valence-electron chi connectivity index (χ4n) is 2.24. The fourth-order valence-corrected chi connectivity index (χ4v) is 3.26. The van der Waals surface area contributed by atoms with Crippen molar-refractivity contribution in [2.75, 3.05) is 18.8 Å². The first-order chi connectivity index (χ1) is 8.66. The van der Waals surface area contributed by atoms with Crippen molar-refractivity contribution in [1.82, 2.24) is 4.90 Å². The van der Waals surface area contributed by atoms with Crippen molar-refractivity contribution in [1.29, 1.82) is 0 Å². The Kier molecular flexibility index (Phi) is 4.70. The molecule has 0 bridgehead atoms. The van der Waals surface area contributed by atoms with Gasteiger partial charge in [0.1, 0.15) is 0 Å². The van der Waals surface area contributed by atoms with Gasteiger partial charge in [-0.1, -0.05) is 17.7 Å². The number of amides is 1. The van der Waals surface area contributed by atoms with E-state index in [1.54, 1.807) is 11.8 Å². The number of benzene rings is 1. The van der Waals surface area contributed by atoms with Crippen LogP contribution in [0.3, 0.4) is 0 Å². The van der Waals surface area contributed by atoms with Crippen molar-refractivity contribution in [3.8, 4) is 0 Å². The van der Waals surface area contributed by atoms with Gasteiger partial charge in [0.15, 0.2) is 0 Å². The molecule has 1 saturated heterocycles. The summed E-state index contributed by atoms with van der Waals surface area (Å²) in [6, 6.07) is 6.42. The smallest absolute Gasteiger partial charge is 0.232 e. The number of aryl methyl sites for hydroxylation is 2. The van der Waals surface area contributed by atoms with Crippen LogP contribution in [0.1, 0.15) is 30.4 Å². The molecule has 0 spiro atoms. The van der Waals surface area contributed by atoms with Gasteiger partial charge in [0, 0.05) is 18.0 Å². The van der Waals surface area contributed by atoms with Crippen LogP contribution in [0.15, 0.2) is 23.1 Å². The zero-order chi connectivity index (χ0) is 13.0. The number of carbonyl (C=O) groups is 1. The third kappa shape index (κ3) is 3.52. The molecule has 1 aromatic carbocycles. The molecule has 0 saturated carbocycles. The van der Waals surface area contributed by atoms with Crippen molar-refractivity contribution < 1.29 is 4.79 Å². The first-order valence-corrected chi connectivity index (χ1v) is 7.63. The van der Waals surface area contributed by atoms with Gasteiger partial charge in [-0.15, -0.1) is 11.8 Å². The highest BCUT2D eigenvalue weighted by Gasteiger charge is 2.16. The lowest BCUT2D eigenvalue weighted by atomic mass is 10.1. The van der Waals surface area contributed by atoms with Gasteiger partial charge < -0.3 is 4.90 Å². The number of hydrogen-bond acceptors (Lipinski definition) is 2. The second-order valence-electron chi connectivity index (χ2n) is 5.00. The molecule has 0 unspecified atom stereocenters. The van der Waals surface area contributed by atoms with Crippen molar-refractivity contribution >= 4 is 17.7 Å². The van der Waals surface area contributed by atoms with E-state index in [0.717, 1.165) is 13.1 Å². The molecule has 1 aliphatic rings. The van der Waals surface area contributed by atoms with E-state index in [-0.39, 0.29) is 0 Å². The van der Waals surface area contributed by atoms with E-state index in [9.17, 15) is 4.79 Å². The minimum Gasteiger partial charge on any atom is -0.342 e. The molecule has 3 heteroatoms. The maximum absolute atomic E-state index is 12.1. The normalized spacial score (nSPS) is 15.8. The molecule has 0 atom stereocenters. The molecule has 1 fully saturated rings. The Morgan fingerprint density at radius 3 is 2.67 bits per heavy atom. The molecule has 2 nitrogen and oxygen atoms in total. The SMILES string of the molecule is Cc1ccc(C)c(SCC(=O)N2CCCCC2)c1. The third-order valence-electron chi connectivity index (χ3n) is 3.40. The van der Waals surface area contributed by atoms with Gasteiger partial charge >= 0.3 is 0 Å². The monoisotopic (exact) mass is 263 g/mol. The van der Waals surface area contributed by atoms with Crippen molar-refractivity contribution in [3.05, 3.63) is 29.3 Å². The van der Waals surface area contributed by atoms with Gasteiger partial charge in [0.2, 0.25) is 5.91 Å². The Morgan fingerprint density at radius 2 is 1.94 bits per heavy atom. The van der Waals surface area contributed by atoms with Crippen LogP contribution in [0.2, 0.25) is 0 Å². The highest BCUT2D eigenvalue weighted by molar-refractivity contribution is 8.00. The van der Waals surface area contributed by atoms with E-state index >= 15 is 0 Å². The predicted octanol–water partition coefficient (Wildman–Crippen LogP) is 3.41. The summed E-state index contributed by atoms with van der Waals surface area (Å²) in [4.78, 5) is 15.3. The maximum Gasteiger partial charge on any atom is 0.232 e. The summed E-state index contributed by atoms with van der Waals surface area (Å²) in [6.07, 6.45) is 3.60. The standard InChI is InChI=1S/C15H21NOS/c1-12-6-7-13(2)14(10-12)18-11-15(17)16-8-4-3-5-9-16/h6-7,10H,3-5,8-9,11H2,1-2H3. The van der Waals surface area contributed by atoms with Crippen molar-refractivity contribution in [3.63, 3.8) is 0 Å². The Balaban J connectivity index is 1.90. The number of piperidine rings is 1. The Morgan fingerprint density at radius 1 is 1.22 bits per heavy atom. The number of carbonyl (C=O) groups excluding carboxylic acids is 1. The minimum atomic E-state index is 0.292. The quantitative estimate of drug-likeness (QED) is 0.779. The lowest BCUT2D eigenvalue weighted by Gasteiger charge is -2.26. The second-order valence-corrected chi connectivity index (χ2v) is 6.02. The zero-order valence-electron chi connectivity index (χ0n) is 11.2. The van der Waals surface area contributed by atoms with Crippen LogP contribution in [0, 0.1) is 13.8 Å². The van der Waals surface area contributed by atoms with E-state index < -0.39 is 0 Å². The van der Waals surface area contributed by atoms with Crippen LogP contribution in [0.5, 0.6) is 0 Å². The van der Waals surface area contributed by atoms with Gasteiger partial charge in [-0.2, -0.15) is 0 Å². The minimum absolute atomic E-state index is 0.292. The molecule has 0 aromatic heterocycles. The highest BCUT2D eigenvalue weighted by atomic mass is 32.2. The largest absolute Gasteiger partial charge is 0.342 e. The molecule has 1 amide bonds. The van der Waals surface area contributed by atoms with E-state index in [1.165, 1.54) is 35.3 Å². The molecule has 2 rings (SSSR count). The van der Waals surface area contributed by atoms with E-state index in [1.807, 2.05) is 4.90 Å². The van der Waals surface area contributed by atoms with Gasteiger partial charge in [0.05, 0.1) is 5.75 Å². The van der Waals surface area contributed by atoms with Crippen LogP contribution in [-0.2, 0) is 4.79 Å². The lowest BCUT2D eigenvalue weighted by Crippen LogP contribution is -2.36. The van der Waals surface area contributed by atoms with Gasteiger partial charge in [0.25, 0.3) is 0 Å². The summed E-state index contributed by atoms with van der Waals surface area (Å²) in [5, 5.41) is 0. The maximum atomic E-state index is 12.1. The van der Waals surface area contributed by atoms with E-state index in [4.69, 9.17) is 0 Å². The molecular weight excluding hydrogens is 242 g/mol. The number of likely N-dealkylation sites (tertiary alicyclic amines) is 1. The van der Waals surface area contributed by atoms with Gasteiger partial charge in [-0.05, 0) is 44.7 Å². The third-order valence-corrected chi connectivity index (χ3v) is 4.55. The first kappa shape index (κ1) is 13.5. The average molecular weight is 263 g/mol. The number of rotatable bonds is 3. The van der Waals surface area contributed by atoms with Crippen LogP contribution >= 0.6 is 11.8 Å². The molecule has 0 aliphatic carbocycles.